The summed E-state index contributed by atoms with van der Waals surface area (Å²) in [5, 5.41) is 9.10. The SMILES string of the molecule is CCOC(=O)C1=C(CNC(c2ccccc2)c2ccccc2)NC(=O)N[C@H]1CC. The Morgan fingerprint density at radius 1 is 1.03 bits per heavy atom. The van der Waals surface area contributed by atoms with Crippen LogP contribution in [-0.4, -0.2) is 31.2 Å². The molecule has 152 valence electrons. The summed E-state index contributed by atoms with van der Waals surface area (Å²) in [5.41, 5.74) is 3.23. The Labute approximate surface area is 171 Å². The van der Waals surface area contributed by atoms with Crippen molar-refractivity contribution in [3.05, 3.63) is 83.1 Å². The van der Waals surface area contributed by atoms with E-state index in [1.807, 2.05) is 43.3 Å². The van der Waals surface area contributed by atoms with E-state index in [0.29, 0.717) is 24.2 Å². The van der Waals surface area contributed by atoms with Gasteiger partial charge < -0.3 is 20.7 Å². The number of urea groups is 1. The first-order valence-corrected chi connectivity index (χ1v) is 9.95. The monoisotopic (exact) mass is 393 g/mol. The molecule has 0 saturated carbocycles. The summed E-state index contributed by atoms with van der Waals surface area (Å²) < 4.78 is 5.24. The average Bonchev–Trinajstić information content (AvgIpc) is 2.75. The third kappa shape index (κ3) is 5.03. The van der Waals surface area contributed by atoms with E-state index < -0.39 is 5.97 Å². The highest BCUT2D eigenvalue weighted by Gasteiger charge is 2.31. The lowest BCUT2D eigenvalue weighted by Gasteiger charge is -2.29. The lowest BCUT2D eigenvalue weighted by atomic mass is 9.97. The van der Waals surface area contributed by atoms with Crippen molar-refractivity contribution in [3.63, 3.8) is 0 Å². The van der Waals surface area contributed by atoms with Gasteiger partial charge in [0, 0.05) is 12.2 Å². The molecule has 3 N–H and O–H groups in total. The molecule has 0 spiro atoms. The third-order valence-corrected chi connectivity index (χ3v) is 4.90. The zero-order chi connectivity index (χ0) is 20.6. The molecule has 0 unspecified atom stereocenters. The van der Waals surface area contributed by atoms with Crippen molar-refractivity contribution < 1.29 is 14.3 Å². The summed E-state index contributed by atoms with van der Waals surface area (Å²) in [4.78, 5) is 24.7. The minimum Gasteiger partial charge on any atom is -0.463 e. The van der Waals surface area contributed by atoms with Gasteiger partial charge in [-0.05, 0) is 24.5 Å². The van der Waals surface area contributed by atoms with Crippen molar-refractivity contribution in [2.24, 2.45) is 0 Å². The van der Waals surface area contributed by atoms with Gasteiger partial charge >= 0.3 is 12.0 Å². The molecule has 0 fully saturated rings. The molecule has 1 atom stereocenters. The number of esters is 1. The first-order valence-electron chi connectivity index (χ1n) is 9.95. The smallest absolute Gasteiger partial charge is 0.337 e. The molecule has 2 aromatic carbocycles. The van der Waals surface area contributed by atoms with Crippen LogP contribution in [0.1, 0.15) is 37.4 Å². The summed E-state index contributed by atoms with van der Waals surface area (Å²) in [6, 6.07) is 19.4. The molecule has 0 bridgehead atoms. The normalized spacial score (nSPS) is 16.4. The van der Waals surface area contributed by atoms with Gasteiger partial charge in [-0.2, -0.15) is 0 Å². The van der Waals surface area contributed by atoms with E-state index in [1.54, 1.807) is 6.92 Å². The second-order valence-electron chi connectivity index (χ2n) is 6.81. The zero-order valence-corrected chi connectivity index (χ0v) is 16.8. The highest BCUT2D eigenvalue weighted by atomic mass is 16.5. The van der Waals surface area contributed by atoms with E-state index >= 15 is 0 Å². The van der Waals surface area contributed by atoms with Crippen LogP contribution in [-0.2, 0) is 9.53 Å². The average molecular weight is 393 g/mol. The second-order valence-corrected chi connectivity index (χ2v) is 6.81. The first kappa shape index (κ1) is 20.6. The maximum absolute atomic E-state index is 12.6. The van der Waals surface area contributed by atoms with Gasteiger partial charge in [0.25, 0.3) is 0 Å². The molecule has 2 aromatic rings. The van der Waals surface area contributed by atoms with Crippen LogP contribution in [0, 0.1) is 0 Å². The molecule has 3 rings (SSSR count). The number of nitrogens with one attached hydrogen (secondary N) is 3. The van der Waals surface area contributed by atoms with Gasteiger partial charge in [-0.15, -0.1) is 0 Å². The molecule has 1 aliphatic rings. The van der Waals surface area contributed by atoms with Crippen LogP contribution < -0.4 is 16.0 Å². The van der Waals surface area contributed by atoms with Crippen LogP contribution in [0.25, 0.3) is 0 Å². The molecular weight excluding hydrogens is 366 g/mol. The van der Waals surface area contributed by atoms with Crippen molar-refractivity contribution in [1.82, 2.24) is 16.0 Å². The van der Waals surface area contributed by atoms with Gasteiger partial charge in [-0.3, -0.25) is 0 Å². The summed E-state index contributed by atoms with van der Waals surface area (Å²) in [6.07, 6.45) is 0.603. The van der Waals surface area contributed by atoms with Crippen LogP contribution >= 0.6 is 0 Å². The standard InChI is InChI=1S/C23H27N3O3/c1-3-18-20(22(27)29-4-2)19(26-23(28)25-18)15-24-21(16-11-7-5-8-12-16)17-13-9-6-10-14-17/h5-14,18,21,24H,3-4,15H2,1-2H3,(H2,25,26,28)/t18-/m0/s1. The van der Waals surface area contributed by atoms with E-state index in [2.05, 4.69) is 40.2 Å². The lowest BCUT2D eigenvalue weighted by Crippen LogP contribution is -2.52. The van der Waals surface area contributed by atoms with Crippen molar-refractivity contribution in [2.45, 2.75) is 32.4 Å². The summed E-state index contributed by atoms with van der Waals surface area (Å²) >= 11 is 0. The van der Waals surface area contributed by atoms with Gasteiger partial charge in [0.1, 0.15) is 0 Å². The van der Waals surface area contributed by atoms with Gasteiger partial charge in [0.15, 0.2) is 0 Å². The van der Waals surface area contributed by atoms with Crippen LogP contribution in [0.4, 0.5) is 4.79 Å². The van der Waals surface area contributed by atoms with Crippen molar-refractivity contribution >= 4 is 12.0 Å². The molecule has 6 heteroatoms. The molecule has 0 saturated heterocycles. The quantitative estimate of drug-likeness (QED) is 0.602. The highest BCUT2D eigenvalue weighted by molar-refractivity contribution is 5.94. The number of benzene rings is 2. The Kier molecular flexibility index (Phi) is 7.03. The predicted molar refractivity (Wildman–Crippen MR) is 112 cm³/mol. The van der Waals surface area contributed by atoms with E-state index in [9.17, 15) is 9.59 Å². The molecule has 6 nitrogen and oxygen atoms in total. The zero-order valence-electron chi connectivity index (χ0n) is 16.8. The number of rotatable bonds is 8. The molecule has 2 amide bonds. The molecule has 1 heterocycles. The topological polar surface area (TPSA) is 79.5 Å². The van der Waals surface area contributed by atoms with Gasteiger partial charge in [-0.25, -0.2) is 9.59 Å². The Hall–Kier alpha value is -3.12. The van der Waals surface area contributed by atoms with Crippen LogP contribution in [0.2, 0.25) is 0 Å². The van der Waals surface area contributed by atoms with Crippen molar-refractivity contribution in [2.75, 3.05) is 13.2 Å². The Bertz CT molecular complexity index is 826. The molecule has 1 aliphatic heterocycles. The van der Waals surface area contributed by atoms with Crippen LogP contribution in [0.5, 0.6) is 0 Å². The Balaban J connectivity index is 1.91. The van der Waals surface area contributed by atoms with Gasteiger partial charge in [0.05, 0.1) is 24.3 Å². The molecule has 29 heavy (non-hydrogen) atoms. The maximum atomic E-state index is 12.6. The molecular formula is C23H27N3O3. The predicted octanol–water partition coefficient (Wildman–Crippen LogP) is 3.27. The maximum Gasteiger partial charge on any atom is 0.337 e. The number of carbonyl (C=O) groups is 2. The Morgan fingerprint density at radius 3 is 2.14 bits per heavy atom. The fourth-order valence-electron chi connectivity index (χ4n) is 3.52. The van der Waals surface area contributed by atoms with Crippen LogP contribution in [0.15, 0.2) is 71.9 Å². The second kappa shape index (κ2) is 9.89. The van der Waals surface area contributed by atoms with Crippen LogP contribution in [0.3, 0.4) is 0 Å². The largest absolute Gasteiger partial charge is 0.463 e. The lowest BCUT2D eigenvalue weighted by molar-refractivity contribution is -0.139. The number of hydrogen-bond acceptors (Lipinski definition) is 4. The highest BCUT2D eigenvalue weighted by Crippen LogP contribution is 2.23. The Morgan fingerprint density at radius 2 is 1.62 bits per heavy atom. The van der Waals surface area contributed by atoms with Crippen molar-refractivity contribution in [3.8, 4) is 0 Å². The molecule has 0 radical (unpaired) electrons. The number of amides is 2. The molecule has 0 aromatic heterocycles. The number of ether oxygens (including phenoxy) is 1. The van der Waals surface area contributed by atoms with E-state index in [0.717, 1.165) is 11.1 Å². The fourth-order valence-corrected chi connectivity index (χ4v) is 3.52. The fraction of sp³-hybridized carbons (Fsp3) is 0.304. The summed E-state index contributed by atoms with van der Waals surface area (Å²) in [7, 11) is 0. The molecule has 0 aliphatic carbocycles. The summed E-state index contributed by atoms with van der Waals surface area (Å²) in [6.45, 7) is 4.31. The number of carbonyl (C=O) groups excluding carboxylic acids is 2. The van der Waals surface area contributed by atoms with Gasteiger partial charge in [0.2, 0.25) is 0 Å². The summed E-state index contributed by atoms with van der Waals surface area (Å²) in [5.74, 6) is -0.403. The van der Waals surface area contributed by atoms with E-state index in [-0.39, 0.29) is 24.7 Å². The first-order chi connectivity index (χ1) is 14.1. The van der Waals surface area contributed by atoms with E-state index in [1.165, 1.54) is 0 Å². The van der Waals surface area contributed by atoms with Gasteiger partial charge in [-0.1, -0.05) is 67.6 Å². The minimum atomic E-state index is -0.403. The number of hydrogen-bond donors (Lipinski definition) is 3. The van der Waals surface area contributed by atoms with Crippen molar-refractivity contribution in [1.29, 1.82) is 0 Å². The van der Waals surface area contributed by atoms with E-state index in [4.69, 9.17) is 4.74 Å². The third-order valence-electron chi connectivity index (χ3n) is 4.90. The minimum absolute atomic E-state index is 0.0831.